The summed E-state index contributed by atoms with van der Waals surface area (Å²) in [6, 6.07) is 0.992. The number of likely N-dealkylation sites (tertiary alicyclic amines) is 3. The molecule has 0 aliphatic carbocycles. The summed E-state index contributed by atoms with van der Waals surface area (Å²) in [6.07, 6.45) is 2.42. The maximum Gasteiger partial charge on any atom is 0.320 e. The number of hydrogen-bond donors (Lipinski definition) is 0. The highest BCUT2D eigenvalue weighted by atomic mass is 16.2. The Hall–Kier alpha value is -0.770. The number of hydrogen-bond acceptors (Lipinski definition) is 2. The second-order valence-electron chi connectivity index (χ2n) is 8.32. The molecular formula is C18H33N3O. The molecule has 0 atom stereocenters. The lowest BCUT2D eigenvalue weighted by Gasteiger charge is -2.49. The average molecular weight is 307 g/mol. The Morgan fingerprint density at radius 3 is 1.95 bits per heavy atom. The van der Waals surface area contributed by atoms with Gasteiger partial charge in [0, 0.05) is 45.3 Å². The normalized spacial score (nSPS) is 25.7. The molecule has 4 heteroatoms. The summed E-state index contributed by atoms with van der Waals surface area (Å²) in [6.45, 7) is 15.6. The lowest BCUT2D eigenvalue weighted by atomic mass is 9.79. The molecule has 3 aliphatic heterocycles. The lowest BCUT2D eigenvalue weighted by molar-refractivity contribution is 0.00691. The molecule has 0 spiro atoms. The first-order chi connectivity index (χ1) is 10.5. The SMILES string of the molecule is CC(C)C1CN(C(=O)N2CCC(C3CN(C(C)C)C3)CC2)C1. The fraction of sp³-hybridized carbons (Fsp3) is 0.944. The van der Waals surface area contributed by atoms with Crippen LogP contribution < -0.4 is 0 Å². The molecule has 0 radical (unpaired) electrons. The highest BCUT2D eigenvalue weighted by molar-refractivity contribution is 5.75. The molecule has 4 nitrogen and oxygen atoms in total. The van der Waals surface area contributed by atoms with Crippen LogP contribution >= 0.6 is 0 Å². The number of carbonyl (C=O) groups excluding carboxylic acids is 1. The molecule has 0 N–H and O–H groups in total. The van der Waals surface area contributed by atoms with Crippen LogP contribution in [0.1, 0.15) is 40.5 Å². The summed E-state index contributed by atoms with van der Waals surface area (Å²) < 4.78 is 0. The molecule has 0 saturated carbocycles. The van der Waals surface area contributed by atoms with Crippen molar-refractivity contribution in [1.29, 1.82) is 0 Å². The Morgan fingerprint density at radius 1 is 0.864 bits per heavy atom. The van der Waals surface area contributed by atoms with E-state index in [4.69, 9.17) is 0 Å². The highest BCUT2D eigenvalue weighted by Crippen LogP contribution is 2.33. The summed E-state index contributed by atoms with van der Waals surface area (Å²) in [5, 5.41) is 0. The van der Waals surface area contributed by atoms with Gasteiger partial charge in [-0.1, -0.05) is 13.8 Å². The van der Waals surface area contributed by atoms with Crippen LogP contribution in [0.4, 0.5) is 4.79 Å². The third-order valence-electron chi connectivity index (χ3n) is 6.27. The smallest absolute Gasteiger partial charge is 0.320 e. The quantitative estimate of drug-likeness (QED) is 0.801. The fourth-order valence-electron chi connectivity index (χ4n) is 4.12. The minimum Gasteiger partial charge on any atom is -0.325 e. The molecule has 0 aromatic carbocycles. The van der Waals surface area contributed by atoms with Crippen LogP contribution in [0.25, 0.3) is 0 Å². The van der Waals surface area contributed by atoms with E-state index in [1.54, 1.807) is 0 Å². The molecule has 3 saturated heterocycles. The topological polar surface area (TPSA) is 26.8 Å². The van der Waals surface area contributed by atoms with Crippen molar-refractivity contribution < 1.29 is 4.79 Å². The number of rotatable bonds is 3. The molecule has 2 amide bonds. The van der Waals surface area contributed by atoms with E-state index in [1.165, 1.54) is 25.9 Å². The fourth-order valence-corrected chi connectivity index (χ4v) is 4.12. The van der Waals surface area contributed by atoms with E-state index < -0.39 is 0 Å². The van der Waals surface area contributed by atoms with Crippen LogP contribution in [0.15, 0.2) is 0 Å². The number of carbonyl (C=O) groups is 1. The first-order valence-corrected chi connectivity index (χ1v) is 9.23. The van der Waals surface area contributed by atoms with Gasteiger partial charge in [-0.2, -0.15) is 0 Å². The Labute approximate surface area is 135 Å². The molecule has 22 heavy (non-hydrogen) atoms. The van der Waals surface area contributed by atoms with Crippen molar-refractivity contribution in [3.8, 4) is 0 Å². The molecule has 3 rings (SSSR count). The summed E-state index contributed by atoms with van der Waals surface area (Å²) in [4.78, 5) is 19.2. The minimum absolute atomic E-state index is 0.299. The number of nitrogens with zero attached hydrogens (tertiary/aromatic N) is 3. The van der Waals surface area contributed by atoms with E-state index in [2.05, 4.69) is 42.4 Å². The van der Waals surface area contributed by atoms with Crippen LogP contribution in [0.5, 0.6) is 0 Å². The van der Waals surface area contributed by atoms with E-state index in [-0.39, 0.29) is 0 Å². The van der Waals surface area contributed by atoms with Gasteiger partial charge in [-0.3, -0.25) is 0 Å². The summed E-state index contributed by atoms with van der Waals surface area (Å²) in [5.41, 5.74) is 0. The second-order valence-corrected chi connectivity index (χ2v) is 8.32. The van der Waals surface area contributed by atoms with Crippen LogP contribution in [0.3, 0.4) is 0 Å². The van der Waals surface area contributed by atoms with Gasteiger partial charge in [0.1, 0.15) is 0 Å². The zero-order chi connectivity index (χ0) is 15.9. The maximum atomic E-state index is 12.5. The van der Waals surface area contributed by atoms with Crippen molar-refractivity contribution in [3.63, 3.8) is 0 Å². The minimum atomic E-state index is 0.299. The van der Waals surface area contributed by atoms with Crippen molar-refractivity contribution in [2.75, 3.05) is 39.3 Å². The van der Waals surface area contributed by atoms with Crippen molar-refractivity contribution in [2.24, 2.45) is 23.7 Å². The van der Waals surface area contributed by atoms with Gasteiger partial charge in [-0.05, 0) is 50.4 Å². The third kappa shape index (κ3) is 3.12. The molecule has 3 heterocycles. The lowest BCUT2D eigenvalue weighted by Crippen LogP contribution is -2.58. The van der Waals surface area contributed by atoms with Gasteiger partial charge in [0.2, 0.25) is 0 Å². The van der Waals surface area contributed by atoms with E-state index in [1.807, 2.05) is 0 Å². The van der Waals surface area contributed by atoms with Crippen LogP contribution in [0.2, 0.25) is 0 Å². The van der Waals surface area contributed by atoms with Gasteiger partial charge in [0.25, 0.3) is 0 Å². The molecule has 0 bridgehead atoms. The monoisotopic (exact) mass is 307 g/mol. The number of urea groups is 1. The predicted molar refractivity (Wildman–Crippen MR) is 89.8 cm³/mol. The summed E-state index contributed by atoms with van der Waals surface area (Å²) in [5.74, 6) is 3.16. The molecule has 126 valence electrons. The Kier molecular flexibility index (Phi) is 4.67. The molecule has 0 aromatic rings. The molecule has 0 unspecified atom stereocenters. The van der Waals surface area contributed by atoms with Gasteiger partial charge in [0.15, 0.2) is 0 Å². The maximum absolute atomic E-state index is 12.5. The zero-order valence-electron chi connectivity index (χ0n) is 14.8. The molecule has 3 aliphatic rings. The Bertz CT molecular complexity index is 389. The van der Waals surface area contributed by atoms with Gasteiger partial charge >= 0.3 is 6.03 Å². The highest BCUT2D eigenvalue weighted by Gasteiger charge is 2.39. The first kappa shape index (κ1) is 16.1. The predicted octanol–water partition coefficient (Wildman–Crippen LogP) is 2.75. The number of piperidine rings is 1. The average Bonchev–Trinajstić information content (AvgIpc) is 2.34. The molecular weight excluding hydrogens is 274 g/mol. The first-order valence-electron chi connectivity index (χ1n) is 9.23. The Balaban J connectivity index is 1.38. The van der Waals surface area contributed by atoms with Crippen molar-refractivity contribution in [1.82, 2.24) is 14.7 Å². The van der Waals surface area contributed by atoms with Gasteiger partial charge in [-0.25, -0.2) is 4.79 Å². The van der Waals surface area contributed by atoms with Gasteiger partial charge in [-0.15, -0.1) is 0 Å². The summed E-state index contributed by atoms with van der Waals surface area (Å²) >= 11 is 0. The third-order valence-corrected chi connectivity index (χ3v) is 6.27. The van der Waals surface area contributed by atoms with E-state index in [0.29, 0.717) is 18.0 Å². The van der Waals surface area contributed by atoms with E-state index >= 15 is 0 Å². The van der Waals surface area contributed by atoms with Crippen LogP contribution in [-0.2, 0) is 0 Å². The summed E-state index contributed by atoms with van der Waals surface area (Å²) in [7, 11) is 0. The number of amides is 2. The van der Waals surface area contributed by atoms with Gasteiger partial charge in [0.05, 0.1) is 0 Å². The van der Waals surface area contributed by atoms with Crippen molar-refractivity contribution in [3.05, 3.63) is 0 Å². The van der Waals surface area contributed by atoms with Crippen LogP contribution in [-0.4, -0.2) is 66.0 Å². The van der Waals surface area contributed by atoms with E-state index in [9.17, 15) is 4.79 Å². The van der Waals surface area contributed by atoms with E-state index in [0.717, 1.165) is 43.9 Å². The van der Waals surface area contributed by atoms with Crippen LogP contribution in [0, 0.1) is 23.7 Å². The van der Waals surface area contributed by atoms with Crippen molar-refractivity contribution >= 4 is 6.03 Å². The zero-order valence-corrected chi connectivity index (χ0v) is 14.8. The second kappa shape index (κ2) is 6.38. The Morgan fingerprint density at radius 2 is 1.45 bits per heavy atom. The van der Waals surface area contributed by atoms with Gasteiger partial charge < -0.3 is 14.7 Å². The largest absolute Gasteiger partial charge is 0.325 e. The standard InChI is InChI=1S/C18H33N3O/c1-13(2)16-9-21(10-16)18(22)19-7-5-15(6-8-19)17-11-20(12-17)14(3)4/h13-17H,5-12H2,1-4H3. The molecule has 0 aromatic heterocycles. The molecule has 3 fully saturated rings. The van der Waals surface area contributed by atoms with Crippen molar-refractivity contribution in [2.45, 2.75) is 46.6 Å².